The maximum Gasteiger partial charge on any atom is 0.342 e. The first-order valence-electron chi connectivity index (χ1n) is 6.51. The highest BCUT2D eigenvalue weighted by molar-refractivity contribution is 6.05. The van der Waals surface area contributed by atoms with Crippen LogP contribution in [-0.4, -0.2) is 46.0 Å². The lowest BCUT2D eigenvalue weighted by atomic mass is 9.90. The minimum atomic E-state index is -0.638. The standard InChI is InChI=1S/C15H18O6/c1-15(7-20-8-15)9-21-11-6-4-5-10(13(16)18-2)12(11)14(17)19-3/h4-6H,7-9H2,1-3H3. The van der Waals surface area contributed by atoms with E-state index < -0.39 is 11.9 Å². The molecule has 1 fully saturated rings. The van der Waals surface area contributed by atoms with Gasteiger partial charge >= 0.3 is 11.9 Å². The number of carbonyl (C=O) groups is 2. The molecule has 0 aromatic heterocycles. The van der Waals surface area contributed by atoms with E-state index in [1.807, 2.05) is 6.92 Å². The van der Waals surface area contributed by atoms with E-state index >= 15 is 0 Å². The van der Waals surface area contributed by atoms with Crippen LogP contribution in [0.4, 0.5) is 0 Å². The van der Waals surface area contributed by atoms with Gasteiger partial charge in [0.15, 0.2) is 0 Å². The molecule has 6 nitrogen and oxygen atoms in total. The van der Waals surface area contributed by atoms with Gasteiger partial charge in [0.2, 0.25) is 0 Å². The Morgan fingerprint density at radius 1 is 1.19 bits per heavy atom. The van der Waals surface area contributed by atoms with Crippen molar-refractivity contribution in [1.82, 2.24) is 0 Å². The largest absolute Gasteiger partial charge is 0.492 e. The summed E-state index contributed by atoms with van der Waals surface area (Å²) in [6.45, 7) is 3.63. The van der Waals surface area contributed by atoms with Crippen LogP contribution in [0.15, 0.2) is 18.2 Å². The zero-order chi connectivity index (χ0) is 15.5. The van der Waals surface area contributed by atoms with Gasteiger partial charge in [0.05, 0.1) is 39.6 Å². The quantitative estimate of drug-likeness (QED) is 0.769. The van der Waals surface area contributed by atoms with Crippen molar-refractivity contribution in [1.29, 1.82) is 0 Å². The Bertz CT molecular complexity index is 547. The van der Waals surface area contributed by atoms with Crippen LogP contribution in [0.25, 0.3) is 0 Å². The lowest BCUT2D eigenvalue weighted by Gasteiger charge is -2.37. The van der Waals surface area contributed by atoms with Crippen LogP contribution in [0.2, 0.25) is 0 Å². The van der Waals surface area contributed by atoms with Crippen LogP contribution >= 0.6 is 0 Å². The Morgan fingerprint density at radius 2 is 1.86 bits per heavy atom. The van der Waals surface area contributed by atoms with Crippen molar-refractivity contribution in [2.24, 2.45) is 5.41 Å². The Hall–Kier alpha value is -2.08. The number of rotatable bonds is 5. The molecule has 21 heavy (non-hydrogen) atoms. The molecule has 1 aliphatic rings. The molecule has 0 aliphatic carbocycles. The van der Waals surface area contributed by atoms with E-state index in [0.717, 1.165) is 0 Å². The molecule has 0 radical (unpaired) electrons. The molecular weight excluding hydrogens is 276 g/mol. The zero-order valence-electron chi connectivity index (χ0n) is 12.3. The topological polar surface area (TPSA) is 71.1 Å². The molecule has 6 heteroatoms. The normalized spacial score (nSPS) is 15.8. The molecule has 114 valence electrons. The van der Waals surface area contributed by atoms with E-state index in [9.17, 15) is 9.59 Å². The number of hydrogen-bond donors (Lipinski definition) is 0. The molecule has 0 spiro atoms. The number of ether oxygens (including phenoxy) is 4. The molecular formula is C15H18O6. The smallest absolute Gasteiger partial charge is 0.342 e. The molecule has 1 heterocycles. The molecule has 1 aliphatic heterocycles. The SMILES string of the molecule is COC(=O)c1cccc(OCC2(C)COC2)c1C(=O)OC. The molecule has 1 aromatic rings. The van der Waals surface area contributed by atoms with E-state index in [-0.39, 0.29) is 16.5 Å². The van der Waals surface area contributed by atoms with Crippen molar-refractivity contribution >= 4 is 11.9 Å². The number of benzene rings is 1. The highest BCUT2D eigenvalue weighted by Gasteiger charge is 2.35. The Kier molecular flexibility index (Phi) is 4.47. The van der Waals surface area contributed by atoms with Gasteiger partial charge in [0.25, 0.3) is 0 Å². The molecule has 0 amide bonds. The average Bonchev–Trinajstić information content (AvgIpc) is 2.49. The number of methoxy groups -OCH3 is 2. The summed E-state index contributed by atoms with van der Waals surface area (Å²) in [7, 11) is 2.50. The van der Waals surface area contributed by atoms with Crippen molar-refractivity contribution < 1.29 is 28.5 Å². The van der Waals surface area contributed by atoms with Gasteiger partial charge in [-0.1, -0.05) is 13.0 Å². The Balaban J connectivity index is 2.30. The first-order valence-corrected chi connectivity index (χ1v) is 6.51. The predicted molar refractivity (Wildman–Crippen MR) is 73.5 cm³/mol. The van der Waals surface area contributed by atoms with Gasteiger partial charge in [-0.3, -0.25) is 0 Å². The van der Waals surface area contributed by atoms with Gasteiger partial charge in [-0.15, -0.1) is 0 Å². The molecule has 0 saturated carbocycles. The first kappa shape index (κ1) is 15.3. The average molecular weight is 294 g/mol. The minimum absolute atomic E-state index is 0.0747. The van der Waals surface area contributed by atoms with Crippen molar-refractivity contribution in [3.8, 4) is 5.75 Å². The van der Waals surface area contributed by atoms with Crippen LogP contribution in [0, 0.1) is 5.41 Å². The lowest BCUT2D eigenvalue weighted by Crippen LogP contribution is -2.44. The van der Waals surface area contributed by atoms with Crippen LogP contribution < -0.4 is 4.74 Å². The fourth-order valence-electron chi connectivity index (χ4n) is 2.03. The van der Waals surface area contributed by atoms with E-state index in [0.29, 0.717) is 25.6 Å². The fourth-order valence-corrected chi connectivity index (χ4v) is 2.03. The van der Waals surface area contributed by atoms with Gasteiger partial charge in [-0.25, -0.2) is 9.59 Å². The zero-order valence-corrected chi connectivity index (χ0v) is 12.3. The van der Waals surface area contributed by atoms with Gasteiger partial charge in [0.1, 0.15) is 11.3 Å². The summed E-state index contributed by atoms with van der Waals surface area (Å²) in [6.07, 6.45) is 0. The second-order valence-corrected chi connectivity index (χ2v) is 5.25. The van der Waals surface area contributed by atoms with E-state index in [1.54, 1.807) is 12.1 Å². The third-order valence-electron chi connectivity index (χ3n) is 3.30. The summed E-state index contributed by atoms with van der Waals surface area (Å²) in [4.78, 5) is 23.7. The monoisotopic (exact) mass is 294 g/mol. The fraction of sp³-hybridized carbons (Fsp3) is 0.467. The molecule has 1 saturated heterocycles. The Labute approximate surface area is 122 Å². The number of carbonyl (C=O) groups excluding carboxylic acids is 2. The first-order chi connectivity index (χ1) is 10.0. The van der Waals surface area contributed by atoms with Crippen LogP contribution in [0.1, 0.15) is 27.6 Å². The van der Waals surface area contributed by atoms with Gasteiger partial charge in [-0.05, 0) is 12.1 Å². The van der Waals surface area contributed by atoms with E-state index in [1.165, 1.54) is 20.3 Å². The van der Waals surface area contributed by atoms with Gasteiger partial charge in [0, 0.05) is 5.41 Å². The van der Waals surface area contributed by atoms with Crippen molar-refractivity contribution in [2.75, 3.05) is 34.0 Å². The maximum atomic E-state index is 11.9. The van der Waals surface area contributed by atoms with Gasteiger partial charge < -0.3 is 18.9 Å². The molecule has 0 N–H and O–H groups in total. The summed E-state index contributed by atoms with van der Waals surface area (Å²) in [5.41, 5.74) is 0.127. The number of hydrogen-bond acceptors (Lipinski definition) is 6. The van der Waals surface area contributed by atoms with Gasteiger partial charge in [-0.2, -0.15) is 0 Å². The van der Waals surface area contributed by atoms with Crippen LogP contribution in [0.3, 0.4) is 0 Å². The van der Waals surface area contributed by atoms with Crippen molar-refractivity contribution in [2.45, 2.75) is 6.92 Å². The molecule has 0 unspecified atom stereocenters. The van der Waals surface area contributed by atoms with Crippen LogP contribution in [-0.2, 0) is 14.2 Å². The van der Waals surface area contributed by atoms with Crippen molar-refractivity contribution in [3.05, 3.63) is 29.3 Å². The summed E-state index contributed by atoms with van der Waals surface area (Å²) in [5, 5.41) is 0. The summed E-state index contributed by atoms with van der Waals surface area (Å²) < 4.78 is 20.3. The molecule has 0 atom stereocenters. The molecule has 1 aromatic carbocycles. The summed E-state index contributed by atoms with van der Waals surface area (Å²) >= 11 is 0. The third-order valence-corrected chi connectivity index (χ3v) is 3.30. The van der Waals surface area contributed by atoms with E-state index in [4.69, 9.17) is 14.2 Å². The molecule has 0 bridgehead atoms. The van der Waals surface area contributed by atoms with Crippen molar-refractivity contribution in [3.63, 3.8) is 0 Å². The predicted octanol–water partition coefficient (Wildman–Crippen LogP) is 1.68. The number of esters is 2. The third kappa shape index (κ3) is 3.16. The lowest BCUT2D eigenvalue weighted by molar-refractivity contribution is -0.120. The summed E-state index contributed by atoms with van der Waals surface area (Å²) in [5.74, 6) is -0.946. The maximum absolute atomic E-state index is 11.9. The van der Waals surface area contributed by atoms with E-state index in [2.05, 4.69) is 4.74 Å². The Morgan fingerprint density at radius 3 is 2.38 bits per heavy atom. The molecule has 2 rings (SSSR count). The summed E-state index contributed by atoms with van der Waals surface area (Å²) in [6, 6.07) is 4.76. The van der Waals surface area contributed by atoms with Crippen LogP contribution in [0.5, 0.6) is 5.75 Å². The highest BCUT2D eigenvalue weighted by atomic mass is 16.5. The highest BCUT2D eigenvalue weighted by Crippen LogP contribution is 2.30. The second kappa shape index (κ2) is 6.13. The second-order valence-electron chi connectivity index (χ2n) is 5.25. The minimum Gasteiger partial charge on any atom is -0.492 e.